The number of aryl methyl sites for hydroxylation is 2. The predicted octanol–water partition coefficient (Wildman–Crippen LogP) is 10.5. The second-order valence-corrected chi connectivity index (χ2v) is 9.13. The Morgan fingerprint density at radius 2 is 0.778 bits per heavy atom. The van der Waals surface area contributed by atoms with Gasteiger partial charge in [0.1, 0.15) is 0 Å². The van der Waals surface area contributed by atoms with Gasteiger partial charge in [0.2, 0.25) is 0 Å². The first kappa shape index (κ1) is 28.3. The van der Waals surface area contributed by atoms with Crippen molar-refractivity contribution in [3.8, 4) is 0 Å². The Bertz CT molecular complexity index is 1160. The van der Waals surface area contributed by atoms with Gasteiger partial charge in [-0.1, -0.05) is 156 Å². The highest BCUT2D eigenvalue weighted by Gasteiger charge is 1.91. The fourth-order valence-electron chi connectivity index (χ4n) is 3.33. The Hall–Kier alpha value is -3.90. The Labute approximate surface area is 219 Å². The molecule has 0 saturated carbocycles. The van der Waals surface area contributed by atoms with Gasteiger partial charge in [-0.25, -0.2) is 0 Å². The molecule has 0 aliphatic rings. The van der Waals surface area contributed by atoms with Gasteiger partial charge in [-0.15, -0.1) is 0 Å². The lowest BCUT2D eigenvalue weighted by Gasteiger charge is -1.98. The van der Waals surface area contributed by atoms with E-state index in [0.717, 1.165) is 0 Å². The average Bonchev–Trinajstić information content (AvgIpc) is 2.85. The van der Waals surface area contributed by atoms with E-state index in [1.807, 2.05) is 0 Å². The molecule has 0 bridgehead atoms. The van der Waals surface area contributed by atoms with Crippen LogP contribution in [0.15, 0.2) is 144 Å². The SMILES string of the molecule is CC(/C=C/C=C(C)/C=C/c1ccccc1C)=C\C=C\C=C(C)\C=C\C=C(C)\C=C\c1ccccc1C. The molecule has 0 spiro atoms. The summed E-state index contributed by atoms with van der Waals surface area (Å²) in [6.07, 6.45) is 29.8. The lowest BCUT2D eigenvalue weighted by molar-refractivity contribution is 1.44. The zero-order valence-electron chi connectivity index (χ0n) is 22.7. The van der Waals surface area contributed by atoms with E-state index in [-0.39, 0.29) is 0 Å². The van der Waals surface area contributed by atoms with Gasteiger partial charge in [-0.05, 0) is 63.8 Å². The van der Waals surface area contributed by atoms with Gasteiger partial charge < -0.3 is 0 Å². The fourth-order valence-corrected chi connectivity index (χ4v) is 3.33. The summed E-state index contributed by atoms with van der Waals surface area (Å²) in [5.74, 6) is 0. The maximum Gasteiger partial charge on any atom is -0.0227 e. The molecule has 0 aliphatic heterocycles. The highest BCUT2D eigenvalue weighted by molar-refractivity contribution is 5.57. The van der Waals surface area contributed by atoms with Crippen molar-refractivity contribution in [2.45, 2.75) is 41.5 Å². The van der Waals surface area contributed by atoms with Crippen LogP contribution in [-0.4, -0.2) is 0 Å². The second-order valence-electron chi connectivity index (χ2n) is 9.13. The summed E-state index contributed by atoms with van der Waals surface area (Å²) in [5.41, 5.74) is 9.96. The van der Waals surface area contributed by atoms with Crippen LogP contribution in [0.2, 0.25) is 0 Å². The van der Waals surface area contributed by atoms with E-state index < -0.39 is 0 Å². The quantitative estimate of drug-likeness (QED) is 0.302. The van der Waals surface area contributed by atoms with Crippen molar-refractivity contribution in [3.05, 3.63) is 166 Å². The zero-order chi connectivity index (χ0) is 26.2. The molecule has 0 radical (unpaired) electrons. The van der Waals surface area contributed by atoms with Gasteiger partial charge in [0.25, 0.3) is 0 Å². The summed E-state index contributed by atoms with van der Waals surface area (Å²) < 4.78 is 0. The summed E-state index contributed by atoms with van der Waals surface area (Å²) in [5, 5.41) is 0. The number of allylic oxidation sites excluding steroid dienone is 16. The van der Waals surface area contributed by atoms with Crippen LogP contribution in [-0.2, 0) is 0 Å². The molecule has 0 unspecified atom stereocenters. The summed E-state index contributed by atoms with van der Waals surface area (Å²) >= 11 is 0. The van der Waals surface area contributed by atoms with Gasteiger partial charge in [0.15, 0.2) is 0 Å². The van der Waals surface area contributed by atoms with Crippen molar-refractivity contribution < 1.29 is 0 Å². The van der Waals surface area contributed by atoms with E-state index in [4.69, 9.17) is 0 Å². The minimum atomic E-state index is 1.21. The topological polar surface area (TPSA) is 0 Å². The van der Waals surface area contributed by atoms with Crippen LogP contribution >= 0.6 is 0 Å². The lowest BCUT2D eigenvalue weighted by Crippen LogP contribution is -1.78. The number of hydrogen-bond acceptors (Lipinski definition) is 0. The molecule has 0 amide bonds. The van der Waals surface area contributed by atoms with Crippen molar-refractivity contribution >= 4 is 12.2 Å². The monoisotopic (exact) mass is 472 g/mol. The summed E-state index contributed by atoms with van der Waals surface area (Å²) in [6.45, 7) is 12.7. The maximum absolute atomic E-state index is 2.17. The fraction of sp³-hybridized carbons (Fsp3) is 0.167. The second kappa shape index (κ2) is 15.9. The van der Waals surface area contributed by atoms with Gasteiger partial charge in [0, 0.05) is 0 Å². The maximum atomic E-state index is 2.17. The first-order chi connectivity index (χ1) is 17.3. The van der Waals surface area contributed by atoms with Crippen molar-refractivity contribution in [3.63, 3.8) is 0 Å². The molecule has 2 aromatic rings. The van der Waals surface area contributed by atoms with E-state index in [2.05, 4.69) is 175 Å². The molecule has 0 fully saturated rings. The van der Waals surface area contributed by atoms with E-state index in [1.165, 1.54) is 44.5 Å². The van der Waals surface area contributed by atoms with Crippen LogP contribution in [0.3, 0.4) is 0 Å². The zero-order valence-corrected chi connectivity index (χ0v) is 22.7. The molecular weight excluding hydrogens is 432 g/mol. The molecule has 0 nitrogen and oxygen atoms in total. The molecule has 0 heteroatoms. The number of rotatable bonds is 10. The van der Waals surface area contributed by atoms with Crippen LogP contribution in [0.4, 0.5) is 0 Å². The van der Waals surface area contributed by atoms with Gasteiger partial charge in [0.05, 0.1) is 0 Å². The van der Waals surface area contributed by atoms with Crippen molar-refractivity contribution in [1.29, 1.82) is 0 Å². The van der Waals surface area contributed by atoms with Crippen LogP contribution in [0.1, 0.15) is 49.9 Å². The summed E-state index contributed by atoms with van der Waals surface area (Å²) in [6, 6.07) is 16.8. The van der Waals surface area contributed by atoms with Gasteiger partial charge in [-0.3, -0.25) is 0 Å². The van der Waals surface area contributed by atoms with Crippen LogP contribution in [0.5, 0.6) is 0 Å². The predicted molar refractivity (Wildman–Crippen MR) is 163 cm³/mol. The van der Waals surface area contributed by atoms with E-state index in [9.17, 15) is 0 Å². The Kier molecular flexibility index (Phi) is 12.5. The van der Waals surface area contributed by atoms with Crippen molar-refractivity contribution in [2.24, 2.45) is 0 Å². The molecule has 0 aromatic heterocycles. The molecular formula is C36H40. The Balaban J connectivity index is 1.84. The van der Waals surface area contributed by atoms with E-state index >= 15 is 0 Å². The third-order valence-electron chi connectivity index (χ3n) is 5.69. The summed E-state index contributed by atoms with van der Waals surface area (Å²) in [4.78, 5) is 0. The first-order valence-corrected chi connectivity index (χ1v) is 12.5. The molecule has 0 atom stereocenters. The molecule has 2 aromatic carbocycles. The minimum absolute atomic E-state index is 1.21. The standard InChI is InChI=1S/C36H40/c1-29(17-13-19-31(3)25-27-35-23-11-9-21-33(35)5)15-7-8-16-30(2)18-14-20-32(4)26-28-36-24-12-10-22-34(36)6/h7-28H,1-6H3/b8-7+,17-13+,18-14+,27-25+,28-26+,29-15+,30-16+,31-19+,32-20+. The van der Waals surface area contributed by atoms with E-state index in [0.29, 0.717) is 0 Å². The Morgan fingerprint density at radius 3 is 1.17 bits per heavy atom. The average molecular weight is 473 g/mol. The highest BCUT2D eigenvalue weighted by atomic mass is 14.0. The van der Waals surface area contributed by atoms with Gasteiger partial charge in [-0.2, -0.15) is 0 Å². The molecule has 2 rings (SSSR count). The van der Waals surface area contributed by atoms with Gasteiger partial charge >= 0.3 is 0 Å². The first-order valence-electron chi connectivity index (χ1n) is 12.5. The third kappa shape index (κ3) is 11.5. The minimum Gasteiger partial charge on any atom is -0.0620 e. The lowest BCUT2D eigenvalue weighted by atomic mass is 10.1. The largest absolute Gasteiger partial charge is 0.0620 e. The highest BCUT2D eigenvalue weighted by Crippen LogP contribution is 2.12. The molecule has 0 N–H and O–H groups in total. The molecule has 0 saturated heterocycles. The molecule has 0 heterocycles. The molecule has 36 heavy (non-hydrogen) atoms. The van der Waals surface area contributed by atoms with E-state index in [1.54, 1.807) is 0 Å². The molecule has 184 valence electrons. The molecule has 0 aliphatic carbocycles. The van der Waals surface area contributed by atoms with Crippen LogP contribution in [0, 0.1) is 13.8 Å². The van der Waals surface area contributed by atoms with Crippen molar-refractivity contribution in [2.75, 3.05) is 0 Å². The van der Waals surface area contributed by atoms with Crippen LogP contribution in [0.25, 0.3) is 12.2 Å². The summed E-state index contributed by atoms with van der Waals surface area (Å²) in [7, 11) is 0. The van der Waals surface area contributed by atoms with Crippen LogP contribution < -0.4 is 0 Å². The van der Waals surface area contributed by atoms with Crippen molar-refractivity contribution in [1.82, 2.24) is 0 Å². The normalized spacial score (nSPS) is 14.5. The smallest absolute Gasteiger partial charge is 0.0227 e. The number of benzene rings is 2. The third-order valence-corrected chi connectivity index (χ3v) is 5.69. The number of hydrogen-bond donors (Lipinski definition) is 0. The Morgan fingerprint density at radius 1 is 0.444 bits per heavy atom.